The summed E-state index contributed by atoms with van der Waals surface area (Å²) in [6.45, 7) is 1.41. The van der Waals surface area contributed by atoms with Gasteiger partial charge in [-0.3, -0.25) is 0 Å². The predicted molar refractivity (Wildman–Crippen MR) is 70.0 cm³/mol. The first-order valence-electron chi connectivity index (χ1n) is 5.94. The van der Waals surface area contributed by atoms with E-state index in [1.165, 1.54) is 38.3 Å². The van der Waals surface area contributed by atoms with Crippen molar-refractivity contribution < 1.29 is 22.3 Å². The van der Waals surface area contributed by atoms with E-state index < -0.39 is 23.3 Å². The summed E-state index contributed by atoms with van der Waals surface area (Å²) >= 11 is 0. The van der Waals surface area contributed by atoms with Crippen molar-refractivity contribution in [2.24, 2.45) is 0 Å². The molecule has 0 aliphatic carbocycles. The van der Waals surface area contributed by atoms with Crippen molar-refractivity contribution in [2.45, 2.75) is 6.92 Å². The summed E-state index contributed by atoms with van der Waals surface area (Å²) in [6.07, 6.45) is 0. The standard InChI is InChI=1S/C16H10F4O/c1-9-3-4-10(14(18)13(9)17)5-6-11-7-8-12(21-2)16(20)15(11)19/h3-4,7-8H,1-2H3. The second-order valence-electron chi connectivity index (χ2n) is 4.25. The molecule has 2 aromatic rings. The molecule has 0 bridgehead atoms. The van der Waals surface area contributed by atoms with Gasteiger partial charge in [-0.1, -0.05) is 17.9 Å². The quantitative estimate of drug-likeness (QED) is 0.571. The minimum atomic E-state index is -1.20. The van der Waals surface area contributed by atoms with E-state index in [1.807, 2.05) is 0 Å². The van der Waals surface area contributed by atoms with E-state index in [1.54, 1.807) is 0 Å². The Kier molecular flexibility index (Phi) is 4.18. The number of rotatable bonds is 1. The zero-order valence-corrected chi connectivity index (χ0v) is 11.2. The molecule has 0 heterocycles. The van der Waals surface area contributed by atoms with E-state index in [-0.39, 0.29) is 22.4 Å². The molecule has 21 heavy (non-hydrogen) atoms. The van der Waals surface area contributed by atoms with Crippen LogP contribution in [-0.2, 0) is 0 Å². The van der Waals surface area contributed by atoms with Gasteiger partial charge in [0.05, 0.1) is 18.2 Å². The van der Waals surface area contributed by atoms with Crippen LogP contribution in [-0.4, -0.2) is 7.11 Å². The van der Waals surface area contributed by atoms with E-state index >= 15 is 0 Å². The Hall–Kier alpha value is -2.48. The monoisotopic (exact) mass is 294 g/mol. The third-order valence-electron chi connectivity index (χ3n) is 2.87. The number of ether oxygens (including phenoxy) is 1. The molecule has 108 valence electrons. The van der Waals surface area contributed by atoms with E-state index in [2.05, 4.69) is 16.6 Å². The lowest BCUT2D eigenvalue weighted by atomic mass is 10.1. The molecule has 0 amide bonds. The van der Waals surface area contributed by atoms with Crippen LogP contribution in [0.2, 0.25) is 0 Å². The topological polar surface area (TPSA) is 9.23 Å². The molecule has 0 saturated carbocycles. The van der Waals surface area contributed by atoms with Crippen molar-refractivity contribution in [3.05, 3.63) is 64.2 Å². The molecule has 1 nitrogen and oxygen atoms in total. The lowest BCUT2D eigenvalue weighted by molar-refractivity contribution is 0.371. The van der Waals surface area contributed by atoms with Gasteiger partial charge in [-0.05, 0) is 30.7 Å². The van der Waals surface area contributed by atoms with Gasteiger partial charge >= 0.3 is 0 Å². The summed E-state index contributed by atoms with van der Waals surface area (Å²) in [7, 11) is 1.20. The predicted octanol–water partition coefficient (Wildman–Crippen LogP) is 3.96. The molecule has 2 aromatic carbocycles. The zero-order chi connectivity index (χ0) is 15.6. The minimum Gasteiger partial charge on any atom is -0.494 e. The van der Waals surface area contributed by atoms with Gasteiger partial charge in [-0.25, -0.2) is 13.2 Å². The summed E-state index contributed by atoms with van der Waals surface area (Å²) < 4.78 is 58.7. The lowest BCUT2D eigenvalue weighted by Crippen LogP contribution is -1.96. The van der Waals surface area contributed by atoms with Crippen LogP contribution >= 0.6 is 0 Å². The van der Waals surface area contributed by atoms with Crippen LogP contribution in [0.25, 0.3) is 0 Å². The van der Waals surface area contributed by atoms with Crippen LogP contribution in [0.15, 0.2) is 24.3 Å². The van der Waals surface area contributed by atoms with Gasteiger partial charge in [-0.15, -0.1) is 0 Å². The Labute approximate surface area is 119 Å². The lowest BCUT2D eigenvalue weighted by Gasteiger charge is -2.03. The first kappa shape index (κ1) is 14.9. The summed E-state index contributed by atoms with van der Waals surface area (Å²) in [6, 6.07) is 5.03. The zero-order valence-electron chi connectivity index (χ0n) is 11.2. The highest BCUT2D eigenvalue weighted by atomic mass is 19.2. The SMILES string of the molecule is COc1ccc(C#Cc2ccc(C)c(F)c2F)c(F)c1F. The highest BCUT2D eigenvalue weighted by Gasteiger charge is 2.13. The fraction of sp³-hybridized carbons (Fsp3) is 0.125. The average Bonchev–Trinajstić information content (AvgIpc) is 2.48. The Balaban J connectivity index is 2.45. The Morgan fingerprint density at radius 2 is 1.29 bits per heavy atom. The maximum atomic E-state index is 13.7. The summed E-state index contributed by atoms with van der Waals surface area (Å²) in [5, 5.41) is 0. The number of halogens is 4. The van der Waals surface area contributed by atoms with Crippen LogP contribution in [0.1, 0.15) is 16.7 Å². The van der Waals surface area contributed by atoms with Crippen LogP contribution in [0.4, 0.5) is 17.6 Å². The maximum absolute atomic E-state index is 13.7. The molecular weight excluding hydrogens is 284 g/mol. The molecule has 0 spiro atoms. The van der Waals surface area contributed by atoms with Gasteiger partial charge in [0.1, 0.15) is 0 Å². The fourth-order valence-corrected chi connectivity index (χ4v) is 1.66. The molecular formula is C16H10F4O. The largest absolute Gasteiger partial charge is 0.494 e. The number of methoxy groups -OCH3 is 1. The number of hydrogen-bond acceptors (Lipinski definition) is 1. The smallest absolute Gasteiger partial charge is 0.201 e. The van der Waals surface area contributed by atoms with Crippen molar-refractivity contribution in [1.82, 2.24) is 0 Å². The first-order valence-corrected chi connectivity index (χ1v) is 5.94. The van der Waals surface area contributed by atoms with Crippen molar-refractivity contribution in [3.63, 3.8) is 0 Å². The molecule has 0 radical (unpaired) electrons. The van der Waals surface area contributed by atoms with E-state index in [0.29, 0.717) is 0 Å². The second-order valence-corrected chi connectivity index (χ2v) is 4.25. The van der Waals surface area contributed by atoms with Crippen molar-refractivity contribution >= 4 is 0 Å². The normalized spacial score (nSPS) is 10.0. The van der Waals surface area contributed by atoms with Gasteiger partial charge in [-0.2, -0.15) is 4.39 Å². The van der Waals surface area contributed by atoms with Crippen LogP contribution in [0.5, 0.6) is 5.75 Å². The third-order valence-corrected chi connectivity index (χ3v) is 2.87. The van der Waals surface area contributed by atoms with Crippen molar-refractivity contribution in [3.8, 4) is 17.6 Å². The summed E-state index contributed by atoms with van der Waals surface area (Å²) in [5.74, 6) is -0.192. The molecule has 0 aliphatic heterocycles. The van der Waals surface area contributed by atoms with Gasteiger partial charge in [0.2, 0.25) is 5.82 Å². The molecule has 0 atom stereocenters. The van der Waals surface area contributed by atoms with Gasteiger partial charge < -0.3 is 4.74 Å². The molecule has 0 aliphatic rings. The average molecular weight is 294 g/mol. The van der Waals surface area contributed by atoms with E-state index in [4.69, 9.17) is 0 Å². The molecule has 5 heteroatoms. The fourth-order valence-electron chi connectivity index (χ4n) is 1.66. The molecule has 0 aromatic heterocycles. The van der Waals surface area contributed by atoms with Gasteiger partial charge in [0.15, 0.2) is 23.2 Å². The number of hydrogen-bond donors (Lipinski definition) is 0. The van der Waals surface area contributed by atoms with Gasteiger partial charge in [0, 0.05) is 0 Å². The Bertz CT molecular complexity index is 757. The Morgan fingerprint density at radius 3 is 1.86 bits per heavy atom. The number of benzene rings is 2. The maximum Gasteiger partial charge on any atom is 0.201 e. The molecule has 0 unspecified atom stereocenters. The van der Waals surface area contributed by atoms with Crippen molar-refractivity contribution in [1.29, 1.82) is 0 Å². The molecule has 0 N–H and O–H groups in total. The second kappa shape index (κ2) is 5.88. The first-order chi connectivity index (χ1) is 9.95. The summed E-state index contributed by atoms with van der Waals surface area (Å²) in [4.78, 5) is 0. The molecule has 0 fully saturated rings. The van der Waals surface area contributed by atoms with Crippen molar-refractivity contribution in [2.75, 3.05) is 7.11 Å². The van der Waals surface area contributed by atoms with E-state index in [0.717, 1.165) is 0 Å². The van der Waals surface area contributed by atoms with E-state index in [9.17, 15) is 17.6 Å². The Morgan fingerprint density at radius 1 is 0.762 bits per heavy atom. The molecule has 0 saturated heterocycles. The van der Waals surface area contributed by atoms with Crippen LogP contribution in [0.3, 0.4) is 0 Å². The number of aryl methyl sites for hydroxylation is 1. The summed E-state index contributed by atoms with van der Waals surface area (Å²) in [5.41, 5.74) is -0.359. The third kappa shape index (κ3) is 2.84. The highest BCUT2D eigenvalue weighted by molar-refractivity contribution is 5.46. The highest BCUT2D eigenvalue weighted by Crippen LogP contribution is 2.22. The van der Waals surface area contributed by atoms with Crippen LogP contribution in [0, 0.1) is 42.0 Å². The van der Waals surface area contributed by atoms with Gasteiger partial charge in [0.25, 0.3) is 0 Å². The molecule has 2 rings (SSSR count). The minimum absolute atomic E-state index is 0.139. The van der Waals surface area contributed by atoms with Crippen LogP contribution < -0.4 is 4.74 Å².